The minimum atomic E-state index is -0.0980. The number of nitrogens with zero attached hydrogens (tertiary/aromatic N) is 6. The van der Waals surface area contributed by atoms with Crippen LogP contribution in [0.3, 0.4) is 0 Å². The summed E-state index contributed by atoms with van der Waals surface area (Å²) in [5, 5.41) is 5.68. The van der Waals surface area contributed by atoms with Crippen molar-refractivity contribution in [1.29, 1.82) is 0 Å². The van der Waals surface area contributed by atoms with E-state index in [2.05, 4.69) is 49.9 Å². The molecule has 7 heteroatoms. The molecule has 2 atom stereocenters. The van der Waals surface area contributed by atoms with Gasteiger partial charge in [-0.3, -0.25) is 4.79 Å². The van der Waals surface area contributed by atoms with E-state index in [0.29, 0.717) is 6.54 Å². The number of fused-ring (bicyclic) bond motifs is 1. The van der Waals surface area contributed by atoms with Crippen molar-refractivity contribution < 1.29 is 4.79 Å². The molecule has 1 fully saturated rings. The monoisotopic (exact) mass is 510 g/mol. The van der Waals surface area contributed by atoms with E-state index >= 15 is 0 Å². The standard InChI is InChI=1S/C31H38N6O/c1-4-13-23(3)28-33-29(27-22-32-37(30(27)34-28)25-16-10-7-11-17-25)35-18-12-19-36(21-20-35)31(38)26(5-2)24-14-8-6-9-15-24/h6-11,14-17,22-23,26H,4-5,12-13,18-21H2,1-3H3/t23-,26+/m0/s1. The highest BCUT2D eigenvalue weighted by molar-refractivity contribution is 5.88. The zero-order chi connectivity index (χ0) is 26.5. The molecule has 1 aliphatic heterocycles. The first-order chi connectivity index (χ1) is 18.6. The zero-order valence-corrected chi connectivity index (χ0v) is 22.8. The topological polar surface area (TPSA) is 67.2 Å². The number of para-hydroxylation sites is 1. The number of hydrogen-bond donors (Lipinski definition) is 0. The van der Waals surface area contributed by atoms with Gasteiger partial charge >= 0.3 is 0 Å². The smallest absolute Gasteiger partial charge is 0.230 e. The van der Waals surface area contributed by atoms with Crippen LogP contribution in [0, 0.1) is 0 Å². The number of carbonyl (C=O) groups excluding carboxylic acids is 1. The highest BCUT2D eigenvalue weighted by atomic mass is 16.2. The highest BCUT2D eigenvalue weighted by Gasteiger charge is 2.28. The Morgan fingerprint density at radius 1 is 0.921 bits per heavy atom. The molecule has 0 N–H and O–H groups in total. The van der Waals surface area contributed by atoms with Crippen molar-refractivity contribution in [3.05, 3.63) is 78.2 Å². The quantitative estimate of drug-likeness (QED) is 0.293. The largest absolute Gasteiger partial charge is 0.354 e. The van der Waals surface area contributed by atoms with Crippen molar-refractivity contribution in [2.45, 2.75) is 58.3 Å². The molecule has 2 aromatic heterocycles. The lowest BCUT2D eigenvalue weighted by Crippen LogP contribution is -2.38. The summed E-state index contributed by atoms with van der Waals surface area (Å²) in [6.07, 6.45) is 5.70. The summed E-state index contributed by atoms with van der Waals surface area (Å²) < 4.78 is 1.92. The van der Waals surface area contributed by atoms with Crippen LogP contribution in [0.5, 0.6) is 0 Å². The molecule has 0 spiro atoms. The first-order valence-electron chi connectivity index (χ1n) is 14.0. The third-order valence-corrected chi connectivity index (χ3v) is 7.60. The number of anilines is 1. The van der Waals surface area contributed by atoms with Gasteiger partial charge in [-0.05, 0) is 37.0 Å². The molecule has 38 heavy (non-hydrogen) atoms. The lowest BCUT2D eigenvalue weighted by atomic mass is 9.95. The first kappa shape index (κ1) is 25.9. The van der Waals surface area contributed by atoms with E-state index in [1.54, 1.807) is 0 Å². The van der Waals surface area contributed by atoms with Gasteiger partial charge in [0.25, 0.3) is 0 Å². The molecule has 2 aromatic carbocycles. The van der Waals surface area contributed by atoms with Crippen molar-refractivity contribution in [2.75, 3.05) is 31.1 Å². The number of amides is 1. The summed E-state index contributed by atoms with van der Waals surface area (Å²) >= 11 is 0. The molecule has 0 radical (unpaired) electrons. The van der Waals surface area contributed by atoms with Gasteiger partial charge in [-0.25, -0.2) is 14.6 Å². The van der Waals surface area contributed by atoms with Crippen LogP contribution in [0.2, 0.25) is 0 Å². The Kier molecular flexibility index (Phi) is 8.01. The molecule has 0 bridgehead atoms. The molecule has 198 valence electrons. The maximum atomic E-state index is 13.6. The van der Waals surface area contributed by atoms with Crippen LogP contribution in [-0.2, 0) is 4.79 Å². The molecule has 3 heterocycles. The predicted molar refractivity (Wildman–Crippen MR) is 153 cm³/mol. The molecule has 1 aliphatic rings. The number of benzene rings is 2. The van der Waals surface area contributed by atoms with Gasteiger partial charge in [0, 0.05) is 32.1 Å². The molecule has 4 aromatic rings. The Morgan fingerprint density at radius 3 is 2.37 bits per heavy atom. The van der Waals surface area contributed by atoms with Gasteiger partial charge in [-0.2, -0.15) is 5.10 Å². The van der Waals surface area contributed by atoms with Crippen LogP contribution >= 0.6 is 0 Å². The average Bonchev–Trinajstić information content (AvgIpc) is 3.23. The van der Waals surface area contributed by atoms with Crippen molar-refractivity contribution in [3.63, 3.8) is 0 Å². The van der Waals surface area contributed by atoms with E-state index in [1.165, 1.54) is 0 Å². The first-order valence-corrected chi connectivity index (χ1v) is 14.0. The second kappa shape index (κ2) is 11.8. The lowest BCUT2D eigenvalue weighted by Gasteiger charge is -2.27. The Balaban J connectivity index is 1.45. The molecule has 5 rings (SSSR count). The maximum absolute atomic E-state index is 13.6. The highest BCUT2D eigenvalue weighted by Crippen LogP contribution is 2.30. The van der Waals surface area contributed by atoms with Gasteiger partial charge in [-0.1, -0.05) is 75.7 Å². The number of aromatic nitrogens is 4. The Bertz CT molecular complexity index is 1350. The van der Waals surface area contributed by atoms with Crippen LogP contribution in [0.25, 0.3) is 16.7 Å². The summed E-state index contributed by atoms with van der Waals surface area (Å²) in [5.41, 5.74) is 2.92. The summed E-state index contributed by atoms with van der Waals surface area (Å²) in [6, 6.07) is 20.3. The predicted octanol–water partition coefficient (Wildman–Crippen LogP) is 5.95. The zero-order valence-electron chi connectivity index (χ0n) is 22.8. The lowest BCUT2D eigenvalue weighted by molar-refractivity contribution is -0.132. The van der Waals surface area contributed by atoms with E-state index in [1.807, 2.05) is 52.2 Å². The SMILES string of the molecule is CCC[C@H](C)c1nc(N2CCCN(C(=O)[C@H](CC)c3ccccc3)CC2)c2cnn(-c3ccccc3)c2n1. The molecule has 0 aliphatic carbocycles. The molecule has 1 saturated heterocycles. The van der Waals surface area contributed by atoms with Crippen molar-refractivity contribution >= 4 is 22.8 Å². The second-order valence-corrected chi connectivity index (χ2v) is 10.3. The number of rotatable bonds is 8. The van der Waals surface area contributed by atoms with Crippen molar-refractivity contribution in [1.82, 2.24) is 24.6 Å². The Hall–Kier alpha value is -3.74. The molecular formula is C31H38N6O. The van der Waals surface area contributed by atoms with Crippen molar-refractivity contribution in [2.24, 2.45) is 0 Å². The molecule has 1 amide bonds. The fraction of sp³-hybridized carbons (Fsp3) is 0.419. The van der Waals surface area contributed by atoms with E-state index in [4.69, 9.17) is 15.1 Å². The fourth-order valence-electron chi connectivity index (χ4n) is 5.50. The number of hydrogen-bond acceptors (Lipinski definition) is 5. The summed E-state index contributed by atoms with van der Waals surface area (Å²) in [7, 11) is 0. The third-order valence-electron chi connectivity index (χ3n) is 7.60. The van der Waals surface area contributed by atoms with Gasteiger partial charge in [-0.15, -0.1) is 0 Å². The Morgan fingerprint density at radius 2 is 1.66 bits per heavy atom. The summed E-state index contributed by atoms with van der Waals surface area (Å²) in [6.45, 7) is 9.52. The van der Waals surface area contributed by atoms with Gasteiger partial charge in [0.05, 0.1) is 23.2 Å². The van der Waals surface area contributed by atoms with Crippen LogP contribution < -0.4 is 4.90 Å². The minimum Gasteiger partial charge on any atom is -0.354 e. The normalized spacial score (nSPS) is 15.9. The molecule has 0 unspecified atom stereocenters. The Labute approximate surface area is 225 Å². The average molecular weight is 511 g/mol. The van der Waals surface area contributed by atoms with E-state index in [9.17, 15) is 4.79 Å². The summed E-state index contributed by atoms with van der Waals surface area (Å²) in [4.78, 5) is 28.1. The van der Waals surface area contributed by atoms with Crippen LogP contribution in [-0.4, -0.2) is 56.7 Å². The summed E-state index contributed by atoms with van der Waals surface area (Å²) in [5.74, 6) is 2.17. The van der Waals surface area contributed by atoms with Gasteiger partial charge < -0.3 is 9.80 Å². The van der Waals surface area contributed by atoms with Crippen LogP contribution in [0.1, 0.15) is 69.7 Å². The van der Waals surface area contributed by atoms with Crippen LogP contribution in [0.4, 0.5) is 5.82 Å². The molecule has 0 saturated carbocycles. The van der Waals surface area contributed by atoms with E-state index in [0.717, 1.165) is 79.2 Å². The molecular weight excluding hydrogens is 472 g/mol. The maximum Gasteiger partial charge on any atom is 0.230 e. The van der Waals surface area contributed by atoms with Gasteiger partial charge in [0.2, 0.25) is 5.91 Å². The van der Waals surface area contributed by atoms with E-state index in [-0.39, 0.29) is 17.7 Å². The minimum absolute atomic E-state index is 0.0980. The fourth-order valence-corrected chi connectivity index (χ4v) is 5.50. The van der Waals surface area contributed by atoms with Gasteiger partial charge in [0.15, 0.2) is 5.65 Å². The van der Waals surface area contributed by atoms with E-state index < -0.39 is 0 Å². The van der Waals surface area contributed by atoms with Gasteiger partial charge in [0.1, 0.15) is 11.6 Å². The molecule has 7 nitrogen and oxygen atoms in total. The second-order valence-electron chi connectivity index (χ2n) is 10.3. The third kappa shape index (κ3) is 5.28. The number of carbonyl (C=O) groups is 1. The van der Waals surface area contributed by atoms with Crippen molar-refractivity contribution in [3.8, 4) is 5.69 Å². The van der Waals surface area contributed by atoms with Crippen LogP contribution in [0.15, 0.2) is 66.9 Å².